The molecule has 9 nitrogen and oxygen atoms in total. The van der Waals surface area contributed by atoms with Crippen LogP contribution in [0.25, 0.3) is 0 Å². The number of benzene rings is 1. The summed E-state index contributed by atoms with van der Waals surface area (Å²) in [4.78, 5) is 47.2. The summed E-state index contributed by atoms with van der Waals surface area (Å²) >= 11 is 0. The molecule has 9 heteroatoms. The SMILES string of the molecule is CCC(C)C(NC(=O)CCC(N)C(=O)O)C(=O)NC(Cc1ccccc1)C(=O)O. The van der Waals surface area contributed by atoms with Gasteiger partial charge in [0.15, 0.2) is 0 Å². The highest BCUT2D eigenvalue weighted by Crippen LogP contribution is 2.11. The van der Waals surface area contributed by atoms with Crippen molar-refractivity contribution in [2.24, 2.45) is 11.7 Å². The van der Waals surface area contributed by atoms with Gasteiger partial charge >= 0.3 is 11.9 Å². The first-order valence-corrected chi connectivity index (χ1v) is 9.50. The van der Waals surface area contributed by atoms with Crippen molar-refractivity contribution in [3.05, 3.63) is 35.9 Å². The fourth-order valence-electron chi connectivity index (χ4n) is 2.67. The Bertz CT molecular complexity index is 709. The predicted molar refractivity (Wildman–Crippen MR) is 106 cm³/mol. The van der Waals surface area contributed by atoms with E-state index in [4.69, 9.17) is 10.8 Å². The predicted octanol–water partition coefficient (Wildman–Crippen LogP) is 0.522. The quantitative estimate of drug-likeness (QED) is 0.338. The summed E-state index contributed by atoms with van der Waals surface area (Å²) in [7, 11) is 0. The number of nitrogens with one attached hydrogen (secondary N) is 2. The molecule has 0 aliphatic carbocycles. The zero-order valence-electron chi connectivity index (χ0n) is 16.6. The zero-order valence-corrected chi connectivity index (χ0v) is 16.6. The molecule has 0 saturated carbocycles. The van der Waals surface area contributed by atoms with Crippen molar-refractivity contribution in [3.8, 4) is 0 Å². The van der Waals surface area contributed by atoms with Crippen molar-refractivity contribution < 1.29 is 29.4 Å². The smallest absolute Gasteiger partial charge is 0.326 e. The van der Waals surface area contributed by atoms with Crippen LogP contribution in [-0.2, 0) is 25.6 Å². The van der Waals surface area contributed by atoms with Crippen molar-refractivity contribution in [2.75, 3.05) is 0 Å². The number of carboxylic acid groups (broad SMARTS) is 2. The lowest BCUT2D eigenvalue weighted by Gasteiger charge is -2.25. The number of hydrogen-bond donors (Lipinski definition) is 5. The molecule has 0 saturated heterocycles. The van der Waals surface area contributed by atoms with Crippen LogP contribution in [0, 0.1) is 5.92 Å². The monoisotopic (exact) mass is 407 g/mol. The van der Waals surface area contributed by atoms with Crippen LogP contribution in [0.1, 0.15) is 38.7 Å². The number of carbonyl (C=O) groups excluding carboxylic acids is 2. The molecule has 0 bridgehead atoms. The second kappa shape index (κ2) is 11.8. The van der Waals surface area contributed by atoms with E-state index in [0.29, 0.717) is 6.42 Å². The first-order valence-electron chi connectivity index (χ1n) is 9.50. The van der Waals surface area contributed by atoms with Crippen LogP contribution in [0.4, 0.5) is 0 Å². The summed E-state index contributed by atoms with van der Waals surface area (Å²) in [6, 6.07) is 5.64. The second-order valence-electron chi connectivity index (χ2n) is 7.00. The first kappa shape index (κ1) is 24.1. The molecule has 160 valence electrons. The van der Waals surface area contributed by atoms with E-state index < -0.39 is 41.9 Å². The zero-order chi connectivity index (χ0) is 22.0. The van der Waals surface area contributed by atoms with Crippen LogP contribution in [0.15, 0.2) is 30.3 Å². The fourth-order valence-corrected chi connectivity index (χ4v) is 2.67. The van der Waals surface area contributed by atoms with Crippen LogP contribution < -0.4 is 16.4 Å². The minimum absolute atomic E-state index is 0.0677. The molecule has 0 aliphatic rings. The molecule has 0 radical (unpaired) electrons. The molecule has 0 heterocycles. The number of aliphatic carboxylic acids is 2. The van der Waals surface area contributed by atoms with Gasteiger partial charge in [-0.1, -0.05) is 50.6 Å². The van der Waals surface area contributed by atoms with E-state index in [9.17, 15) is 24.3 Å². The minimum atomic E-state index is -1.21. The Morgan fingerprint density at radius 3 is 2.17 bits per heavy atom. The summed E-state index contributed by atoms with van der Waals surface area (Å²) in [5.41, 5.74) is 6.15. The van der Waals surface area contributed by atoms with Gasteiger partial charge in [-0.15, -0.1) is 0 Å². The highest BCUT2D eigenvalue weighted by molar-refractivity contribution is 5.90. The average Bonchev–Trinajstić information content (AvgIpc) is 2.69. The summed E-state index contributed by atoms with van der Waals surface area (Å²) in [6.45, 7) is 3.61. The van der Waals surface area contributed by atoms with E-state index in [1.54, 1.807) is 31.2 Å². The Kier molecular flexibility index (Phi) is 9.81. The fraction of sp³-hybridized carbons (Fsp3) is 0.500. The third-order valence-electron chi connectivity index (χ3n) is 4.71. The van der Waals surface area contributed by atoms with Crippen molar-refractivity contribution in [3.63, 3.8) is 0 Å². The molecule has 1 aromatic rings. The Morgan fingerprint density at radius 1 is 1.03 bits per heavy atom. The standard InChI is InChI=1S/C20H29N3O6/c1-3-12(2)17(23-16(24)10-9-14(21)19(26)27)18(25)22-15(20(28)29)11-13-7-5-4-6-8-13/h4-8,12,14-15,17H,3,9-11,21H2,1-2H3,(H,22,25)(H,23,24)(H,26,27)(H,28,29). The van der Waals surface area contributed by atoms with Crippen LogP contribution in [0.5, 0.6) is 0 Å². The first-order chi connectivity index (χ1) is 13.6. The van der Waals surface area contributed by atoms with Crippen LogP contribution in [0.2, 0.25) is 0 Å². The Labute approximate surface area is 169 Å². The Hall–Kier alpha value is -2.94. The molecule has 29 heavy (non-hydrogen) atoms. The lowest BCUT2D eigenvalue weighted by atomic mass is 9.97. The number of amides is 2. The molecule has 4 atom stereocenters. The van der Waals surface area contributed by atoms with Gasteiger partial charge in [-0.05, 0) is 17.9 Å². The topological polar surface area (TPSA) is 159 Å². The van der Waals surface area contributed by atoms with Crippen molar-refractivity contribution >= 4 is 23.8 Å². The highest BCUT2D eigenvalue weighted by Gasteiger charge is 2.30. The molecule has 0 spiro atoms. The van der Waals surface area contributed by atoms with E-state index in [1.807, 2.05) is 13.0 Å². The van der Waals surface area contributed by atoms with E-state index in [-0.39, 0.29) is 25.2 Å². The molecular formula is C20H29N3O6. The third kappa shape index (κ3) is 8.30. The average molecular weight is 407 g/mol. The van der Waals surface area contributed by atoms with Crippen molar-refractivity contribution in [2.45, 2.75) is 57.7 Å². The van der Waals surface area contributed by atoms with Gasteiger partial charge in [0.2, 0.25) is 11.8 Å². The van der Waals surface area contributed by atoms with Crippen LogP contribution in [0.3, 0.4) is 0 Å². The largest absolute Gasteiger partial charge is 0.480 e. The van der Waals surface area contributed by atoms with Gasteiger partial charge in [0.05, 0.1) is 0 Å². The van der Waals surface area contributed by atoms with Crippen molar-refractivity contribution in [1.82, 2.24) is 10.6 Å². The van der Waals surface area contributed by atoms with Gasteiger partial charge < -0.3 is 26.6 Å². The Morgan fingerprint density at radius 2 is 1.66 bits per heavy atom. The number of carbonyl (C=O) groups is 4. The molecule has 0 aliphatic heterocycles. The van der Waals surface area contributed by atoms with Gasteiger partial charge in [0.25, 0.3) is 0 Å². The number of nitrogens with two attached hydrogens (primary N) is 1. The summed E-state index contributed by atoms with van der Waals surface area (Å²) in [6.07, 6.45) is 0.460. The molecule has 2 amide bonds. The molecule has 4 unspecified atom stereocenters. The van der Waals surface area contributed by atoms with Gasteiger partial charge in [0.1, 0.15) is 18.1 Å². The number of rotatable bonds is 12. The molecule has 1 aromatic carbocycles. The third-order valence-corrected chi connectivity index (χ3v) is 4.71. The van der Waals surface area contributed by atoms with Crippen LogP contribution >= 0.6 is 0 Å². The Balaban J connectivity index is 2.79. The van der Waals surface area contributed by atoms with Gasteiger partial charge in [-0.2, -0.15) is 0 Å². The summed E-state index contributed by atoms with van der Waals surface area (Å²) in [5, 5.41) is 23.3. The maximum absolute atomic E-state index is 12.7. The maximum atomic E-state index is 12.7. The number of hydrogen-bond acceptors (Lipinski definition) is 5. The van der Waals surface area contributed by atoms with E-state index >= 15 is 0 Å². The molecular weight excluding hydrogens is 378 g/mol. The summed E-state index contributed by atoms with van der Waals surface area (Å²) in [5.74, 6) is -3.75. The highest BCUT2D eigenvalue weighted by atomic mass is 16.4. The molecule has 0 fully saturated rings. The lowest BCUT2D eigenvalue weighted by Crippen LogP contribution is -2.54. The van der Waals surface area contributed by atoms with Gasteiger partial charge in [-0.25, -0.2) is 4.79 Å². The minimum Gasteiger partial charge on any atom is -0.480 e. The molecule has 1 rings (SSSR count). The lowest BCUT2D eigenvalue weighted by molar-refractivity contribution is -0.142. The van der Waals surface area contributed by atoms with Gasteiger partial charge in [0, 0.05) is 12.8 Å². The normalized spacial score (nSPS) is 14.9. The van der Waals surface area contributed by atoms with E-state index in [1.165, 1.54) is 0 Å². The maximum Gasteiger partial charge on any atom is 0.326 e. The summed E-state index contributed by atoms with van der Waals surface area (Å²) < 4.78 is 0. The van der Waals surface area contributed by atoms with Crippen molar-refractivity contribution in [1.29, 1.82) is 0 Å². The molecule has 6 N–H and O–H groups in total. The van der Waals surface area contributed by atoms with E-state index in [0.717, 1.165) is 5.56 Å². The second-order valence-corrected chi connectivity index (χ2v) is 7.00. The molecule has 0 aromatic heterocycles. The number of carboxylic acids is 2. The van der Waals surface area contributed by atoms with E-state index in [2.05, 4.69) is 10.6 Å². The van der Waals surface area contributed by atoms with Crippen LogP contribution in [-0.4, -0.2) is 52.1 Å². The van der Waals surface area contributed by atoms with Gasteiger partial charge in [-0.3, -0.25) is 14.4 Å².